The average Bonchev–Trinajstić information content (AvgIpc) is 2.26. The standard InChI is InChI=1S/C16H23N/c1-12(2)6-11-15(17)16(4,5)14-9-7-13(3)8-10-14/h6-7,9,11,17H,1,8,10H2,2-5H3/b11-6-,17-15?. The zero-order chi connectivity index (χ0) is 13.1. The molecular formula is C16H23N. The largest absolute Gasteiger partial charge is 0.304 e. The van der Waals surface area contributed by atoms with E-state index in [1.165, 1.54) is 11.1 Å². The summed E-state index contributed by atoms with van der Waals surface area (Å²) in [6.07, 6.45) is 10.3. The van der Waals surface area contributed by atoms with Crippen LogP contribution in [0.15, 0.2) is 47.6 Å². The number of hydrogen-bond acceptors (Lipinski definition) is 1. The van der Waals surface area contributed by atoms with Crippen molar-refractivity contribution in [2.75, 3.05) is 0 Å². The summed E-state index contributed by atoms with van der Waals surface area (Å²) >= 11 is 0. The highest BCUT2D eigenvalue weighted by molar-refractivity contribution is 5.99. The first-order valence-electron chi connectivity index (χ1n) is 6.13. The van der Waals surface area contributed by atoms with Gasteiger partial charge in [-0.25, -0.2) is 0 Å². The molecule has 0 fully saturated rings. The van der Waals surface area contributed by atoms with Crippen LogP contribution >= 0.6 is 0 Å². The lowest BCUT2D eigenvalue weighted by Gasteiger charge is -2.29. The van der Waals surface area contributed by atoms with Gasteiger partial charge in [-0.2, -0.15) is 0 Å². The minimum atomic E-state index is -0.177. The molecule has 0 aliphatic heterocycles. The quantitative estimate of drug-likeness (QED) is 0.527. The van der Waals surface area contributed by atoms with E-state index in [-0.39, 0.29) is 5.41 Å². The van der Waals surface area contributed by atoms with Gasteiger partial charge in [0.1, 0.15) is 0 Å². The highest BCUT2D eigenvalue weighted by Crippen LogP contribution is 2.34. The van der Waals surface area contributed by atoms with Crippen LogP contribution in [0, 0.1) is 10.8 Å². The fourth-order valence-corrected chi connectivity index (χ4v) is 1.87. The first-order chi connectivity index (χ1) is 7.84. The van der Waals surface area contributed by atoms with Gasteiger partial charge in [-0.05, 0) is 32.8 Å². The summed E-state index contributed by atoms with van der Waals surface area (Å²) < 4.78 is 0. The molecule has 1 nitrogen and oxygen atoms in total. The van der Waals surface area contributed by atoms with Gasteiger partial charge in [0.15, 0.2) is 0 Å². The van der Waals surface area contributed by atoms with Crippen LogP contribution in [0.25, 0.3) is 0 Å². The van der Waals surface area contributed by atoms with Crippen molar-refractivity contribution in [3.8, 4) is 0 Å². The molecule has 0 saturated heterocycles. The molecule has 0 atom stereocenters. The first-order valence-corrected chi connectivity index (χ1v) is 6.13. The van der Waals surface area contributed by atoms with Crippen LogP contribution in [-0.4, -0.2) is 5.71 Å². The molecule has 1 rings (SSSR count). The van der Waals surface area contributed by atoms with Crippen molar-refractivity contribution in [1.29, 1.82) is 5.41 Å². The maximum absolute atomic E-state index is 8.18. The van der Waals surface area contributed by atoms with Gasteiger partial charge in [0.05, 0.1) is 0 Å². The third-order valence-corrected chi connectivity index (χ3v) is 3.37. The smallest absolute Gasteiger partial charge is 0.0410 e. The molecule has 1 aliphatic carbocycles. The van der Waals surface area contributed by atoms with E-state index in [4.69, 9.17) is 5.41 Å². The number of nitrogens with one attached hydrogen (secondary N) is 1. The van der Waals surface area contributed by atoms with E-state index < -0.39 is 0 Å². The monoisotopic (exact) mass is 229 g/mol. The van der Waals surface area contributed by atoms with E-state index in [0.717, 1.165) is 18.4 Å². The Labute approximate surface area is 105 Å². The highest BCUT2D eigenvalue weighted by Gasteiger charge is 2.27. The summed E-state index contributed by atoms with van der Waals surface area (Å²) in [5.74, 6) is 0. The molecule has 0 spiro atoms. The van der Waals surface area contributed by atoms with E-state index in [9.17, 15) is 0 Å². The summed E-state index contributed by atoms with van der Waals surface area (Å²) in [6.45, 7) is 12.2. The van der Waals surface area contributed by atoms with Crippen molar-refractivity contribution in [3.05, 3.63) is 47.6 Å². The van der Waals surface area contributed by atoms with Crippen LogP contribution in [0.1, 0.15) is 40.5 Å². The molecule has 0 amide bonds. The molecule has 0 unspecified atom stereocenters. The SMILES string of the molecule is C=C(C)/C=C\C(=N)C(C)(C)C1=CC=C(C)CC1. The van der Waals surface area contributed by atoms with Gasteiger partial charge < -0.3 is 5.41 Å². The predicted molar refractivity (Wildman–Crippen MR) is 76.5 cm³/mol. The fraction of sp³-hybridized carbons (Fsp3) is 0.438. The summed E-state index contributed by atoms with van der Waals surface area (Å²) in [4.78, 5) is 0. The average molecular weight is 229 g/mol. The number of hydrogen-bond donors (Lipinski definition) is 1. The fourth-order valence-electron chi connectivity index (χ4n) is 1.87. The Kier molecular flexibility index (Phi) is 4.28. The zero-order valence-electron chi connectivity index (χ0n) is 11.4. The predicted octanol–water partition coefficient (Wildman–Crippen LogP) is 4.83. The molecular weight excluding hydrogens is 206 g/mol. The van der Waals surface area contributed by atoms with Crippen LogP contribution in [-0.2, 0) is 0 Å². The van der Waals surface area contributed by atoms with Gasteiger partial charge in [-0.3, -0.25) is 0 Å². The highest BCUT2D eigenvalue weighted by atomic mass is 14.5. The van der Waals surface area contributed by atoms with Gasteiger partial charge >= 0.3 is 0 Å². The molecule has 1 N–H and O–H groups in total. The van der Waals surface area contributed by atoms with Crippen LogP contribution in [0.4, 0.5) is 0 Å². The lowest BCUT2D eigenvalue weighted by Crippen LogP contribution is -2.25. The third kappa shape index (κ3) is 3.55. The van der Waals surface area contributed by atoms with Gasteiger partial charge in [0.25, 0.3) is 0 Å². The van der Waals surface area contributed by atoms with Crippen LogP contribution in [0.2, 0.25) is 0 Å². The molecule has 0 bridgehead atoms. The van der Waals surface area contributed by atoms with Crippen LogP contribution in [0.5, 0.6) is 0 Å². The lowest BCUT2D eigenvalue weighted by atomic mass is 9.75. The lowest BCUT2D eigenvalue weighted by molar-refractivity contribution is 0.586. The van der Waals surface area contributed by atoms with E-state index in [1.54, 1.807) is 0 Å². The molecule has 0 aromatic heterocycles. The van der Waals surface area contributed by atoms with Crippen molar-refractivity contribution in [2.45, 2.75) is 40.5 Å². The molecule has 0 aromatic carbocycles. The maximum Gasteiger partial charge on any atom is 0.0410 e. The van der Waals surface area contributed by atoms with Crippen molar-refractivity contribution in [2.24, 2.45) is 5.41 Å². The summed E-state index contributed by atoms with van der Waals surface area (Å²) in [5.41, 5.74) is 4.23. The van der Waals surface area contributed by atoms with Gasteiger partial charge in [0, 0.05) is 11.1 Å². The van der Waals surface area contributed by atoms with Crippen LogP contribution in [0.3, 0.4) is 0 Å². The molecule has 92 valence electrons. The third-order valence-electron chi connectivity index (χ3n) is 3.37. The van der Waals surface area contributed by atoms with Crippen molar-refractivity contribution in [1.82, 2.24) is 0 Å². The Hall–Kier alpha value is -1.37. The molecule has 1 heteroatoms. The normalized spacial score (nSPS) is 16.7. The Morgan fingerprint density at radius 2 is 1.94 bits per heavy atom. The molecule has 0 aromatic rings. The van der Waals surface area contributed by atoms with Crippen molar-refractivity contribution in [3.63, 3.8) is 0 Å². The minimum absolute atomic E-state index is 0.177. The van der Waals surface area contributed by atoms with Crippen molar-refractivity contribution < 1.29 is 0 Å². The summed E-state index contributed by atoms with van der Waals surface area (Å²) in [5, 5.41) is 8.18. The van der Waals surface area contributed by atoms with Gasteiger partial charge in [-0.15, -0.1) is 0 Å². The van der Waals surface area contributed by atoms with Gasteiger partial charge in [0.2, 0.25) is 0 Å². The zero-order valence-corrected chi connectivity index (χ0v) is 11.4. The molecule has 0 heterocycles. The Morgan fingerprint density at radius 1 is 1.29 bits per heavy atom. The second kappa shape index (κ2) is 5.31. The van der Waals surface area contributed by atoms with Gasteiger partial charge in [-0.1, -0.05) is 55.4 Å². The van der Waals surface area contributed by atoms with Crippen LogP contribution < -0.4 is 0 Å². The Bertz CT molecular complexity index is 417. The summed E-state index contributed by atoms with van der Waals surface area (Å²) in [6, 6.07) is 0. The van der Waals surface area contributed by atoms with E-state index in [0.29, 0.717) is 5.71 Å². The molecule has 1 aliphatic rings. The first kappa shape index (κ1) is 13.7. The molecule has 0 radical (unpaired) electrons. The minimum Gasteiger partial charge on any atom is -0.304 e. The number of allylic oxidation sites excluding steroid dienone is 7. The van der Waals surface area contributed by atoms with Crippen molar-refractivity contribution >= 4 is 5.71 Å². The second-order valence-corrected chi connectivity index (χ2v) is 5.42. The second-order valence-electron chi connectivity index (χ2n) is 5.42. The Morgan fingerprint density at radius 3 is 2.41 bits per heavy atom. The maximum atomic E-state index is 8.18. The molecule has 17 heavy (non-hydrogen) atoms. The Balaban J connectivity index is 2.88. The van der Waals surface area contributed by atoms with E-state index in [1.807, 2.05) is 19.1 Å². The molecule has 0 saturated carbocycles. The number of rotatable bonds is 4. The summed E-state index contributed by atoms with van der Waals surface area (Å²) in [7, 11) is 0. The van der Waals surface area contributed by atoms with E-state index >= 15 is 0 Å². The topological polar surface area (TPSA) is 23.9 Å². The van der Waals surface area contributed by atoms with E-state index in [2.05, 4.69) is 39.5 Å².